The van der Waals surface area contributed by atoms with Gasteiger partial charge in [-0.1, -0.05) is 42.5 Å². The molecule has 0 spiro atoms. The first-order chi connectivity index (χ1) is 10.6. The van der Waals surface area contributed by atoms with Gasteiger partial charge < -0.3 is 5.11 Å². The van der Waals surface area contributed by atoms with E-state index in [9.17, 15) is 5.11 Å². The lowest BCUT2D eigenvalue weighted by molar-refractivity contribution is 0.0391. The number of fused-ring (bicyclic) bond motifs is 2. The van der Waals surface area contributed by atoms with Crippen molar-refractivity contribution < 1.29 is 5.11 Å². The molecule has 0 saturated carbocycles. The molecule has 4 aromatic rings. The van der Waals surface area contributed by atoms with Gasteiger partial charge >= 0.3 is 0 Å². The molecule has 0 aliphatic heterocycles. The predicted molar refractivity (Wildman–Crippen MR) is 92.7 cm³/mol. The van der Waals surface area contributed by atoms with E-state index in [1.807, 2.05) is 6.92 Å². The van der Waals surface area contributed by atoms with Crippen molar-refractivity contribution in [2.24, 2.45) is 0 Å². The number of aliphatic hydroxyl groups is 1. The minimum atomic E-state index is -0.696. The Labute approximate surface area is 129 Å². The molecule has 4 aromatic carbocycles. The second kappa shape index (κ2) is 3.99. The van der Waals surface area contributed by atoms with Crippen LogP contribution in [-0.2, 0) is 12.0 Å². The number of hydrogen-bond donors (Lipinski definition) is 1. The molecule has 1 unspecified atom stereocenters. The van der Waals surface area contributed by atoms with E-state index < -0.39 is 5.60 Å². The molecule has 5 rings (SSSR count). The highest BCUT2D eigenvalue weighted by Crippen LogP contribution is 2.43. The fourth-order valence-electron chi connectivity index (χ4n) is 4.36. The van der Waals surface area contributed by atoms with Gasteiger partial charge in [0.1, 0.15) is 0 Å². The van der Waals surface area contributed by atoms with Gasteiger partial charge in [0.2, 0.25) is 0 Å². The first-order valence-corrected chi connectivity index (χ1v) is 8.07. The zero-order chi connectivity index (χ0) is 14.9. The first kappa shape index (κ1) is 12.4. The van der Waals surface area contributed by atoms with Crippen molar-refractivity contribution in [1.82, 2.24) is 0 Å². The summed E-state index contributed by atoms with van der Waals surface area (Å²) in [6.07, 6.45) is 2.98. The molecule has 1 aliphatic carbocycles. The molecule has 0 saturated heterocycles. The maximum Gasteiger partial charge on any atom is 0.0871 e. The summed E-state index contributed by atoms with van der Waals surface area (Å²) in [5.74, 6) is 0. The molecule has 0 bridgehead atoms. The van der Waals surface area contributed by atoms with Crippen LogP contribution in [0.4, 0.5) is 0 Å². The average Bonchev–Trinajstić information content (AvgIpc) is 2.52. The van der Waals surface area contributed by atoms with Gasteiger partial charge in [0, 0.05) is 0 Å². The van der Waals surface area contributed by atoms with E-state index in [1.54, 1.807) is 0 Å². The lowest BCUT2D eigenvalue weighted by Gasteiger charge is -2.32. The molecular weight excluding hydrogens is 268 g/mol. The molecule has 0 radical (unpaired) electrons. The summed E-state index contributed by atoms with van der Waals surface area (Å²) in [7, 11) is 0. The van der Waals surface area contributed by atoms with Gasteiger partial charge in [0.05, 0.1) is 5.60 Å². The Morgan fingerprint density at radius 1 is 0.909 bits per heavy atom. The minimum absolute atomic E-state index is 0.696. The van der Waals surface area contributed by atoms with Crippen LogP contribution in [0.1, 0.15) is 30.9 Å². The van der Waals surface area contributed by atoms with Crippen molar-refractivity contribution in [3.05, 3.63) is 59.7 Å². The number of hydrogen-bond acceptors (Lipinski definition) is 1. The Balaban J connectivity index is 2.06. The molecule has 1 nitrogen and oxygen atoms in total. The van der Waals surface area contributed by atoms with Crippen molar-refractivity contribution in [2.75, 3.05) is 0 Å². The summed E-state index contributed by atoms with van der Waals surface area (Å²) in [5, 5.41) is 18.7. The van der Waals surface area contributed by atoms with Crippen LogP contribution in [0.5, 0.6) is 0 Å². The van der Waals surface area contributed by atoms with Gasteiger partial charge in [-0.3, -0.25) is 0 Å². The quantitative estimate of drug-likeness (QED) is 0.444. The highest BCUT2D eigenvalue weighted by Gasteiger charge is 2.31. The Bertz CT molecular complexity index is 1010. The summed E-state index contributed by atoms with van der Waals surface area (Å²) in [6.45, 7) is 1.96. The van der Waals surface area contributed by atoms with Crippen molar-refractivity contribution in [3.63, 3.8) is 0 Å². The summed E-state index contributed by atoms with van der Waals surface area (Å²) < 4.78 is 0. The van der Waals surface area contributed by atoms with Gasteiger partial charge in [-0.25, -0.2) is 0 Å². The van der Waals surface area contributed by atoms with Crippen LogP contribution < -0.4 is 0 Å². The average molecular weight is 286 g/mol. The Hall–Kier alpha value is -2.12. The zero-order valence-electron chi connectivity index (χ0n) is 12.7. The van der Waals surface area contributed by atoms with Crippen molar-refractivity contribution in [2.45, 2.75) is 31.8 Å². The SMILES string of the molecule is CC1(O)CCCc2c1cc1ccc3cccc4ccc2c1c34. The third kappa shape index (κ3) is 1.47. The van der Waals surface area contributed by atoms with Gasteiger partial charge in [-0.05, 0) is 75.7 Å². The van der Waals surface area contributed by atoms with E-state index in [0.717, 1.165) is 24.8 Å². The van der Waals surface area contributed by atoms with Crippen LogP contribution in [0.3, 0.4) is 0 Å². The monoisotopic (exact) mass is 286 g/mol. The fourth-order valence-corrected chi connectivity index (χ4v) is 4.36. The molecule has 1 atom stereocenters. The maximum atomic E-state index is 10.8. The third-order valence-electron chi connectivity index (χ3n) is 5.43. The van der Waals surface area contributed by atoms with Gasteiger partial charge in [-0.2, -0.15) is 0 Å². The van der Waals surface area contributed by atoms with E-state index in [4.69, 9.17) is 0 Å². The molecular formula is C21H18O. The number of rotatable bonds is 0. The topological polar surface area (TPSA) is 20.2 Å². The number of benzene rings is 4. The van der Waals surface area contributed by atoms with Gasteiger partial charge in [0.25, 0.3) is 0 Å². The van der Waals surface area contributed by atoms with Crippen LogP contribution >= 0.6 is 0 Å². The van der Waals surface area contributed by atoms with Crippen LogP contribution in [0.2, 0.25) is 0 Å². The summed E-state index contributed by atoms with van der Waals surface area (Å²) in [6, 6.07) is 17.6. The molecule has 1 heteroatoms. The predicted octanol–water partition coefficient (Wildman–Crippen LogP) is 5.13. The van der Waals surface area contributed by atoms with Gasteiger partial charge in [0.15, 0.2) is 0 Å². The normalized spacial score (nSPS) is 21.7. The molecule has 0 fully saturated rings. The molecule has 0 aromatic heterocycles. The number of aryl methyl sites for hydroxylation is 1. The Morgan fingerprint density at radius 3 is 2.45 bits per heavy atom. The lowest BCUT2D eigenvalue weighted by atomic mass is 9.76. The van der Waals surface area contributed by atoms with Crippen molar-refractivity contribution in [1.29, 1.82) is 0 Å². The van der Waals surface area contributed by atoms with Crippen LogP contribution in [0.25, 0.3) is 32.3 Å². The minimum Gasteiger partial charge on any atom is -0.385 e. The largest absolute Gasteiger partial charge is 0.385 e. The van der Waals surface area contributed by atoms with Crippen LogP contribution in [-0.4, -0.2) is 5.11 Å². The summed E-state index contributed by atoms with van der Waals surface area (Å²) in [4.78, 5) is 0. The first-order valence-electron chi connectivity index (χ1n) is 8.07. The standard InChI is InChI=1S/C21H18O/c1-21(22)11-3-6-16-17-10-9-14-5-2-4-13-7-8-15(12-18(16)21)20(17)19(13)14/h2,4-5,7-10,12,22H,3,6,11H2,1H3. The van der Waals surface area contributed by atoms with Crippen LogP contribution in [0, 0.1) is 0 Å². The lowest BCUT2D eigenvalue weighted by Crippen LogP contribution is -2.27. The maximum absolute atomic E-state index is 10.8. The molecule has 1 aliphatic rings. The zero-order valence-corrected chi connectivity index (χ0v) is 12.7. The van der Waals surface area contributed by atoms with E-state index in [0.29, 0.717) is 0 Å². The molecule has 1 N–H and O–H groups in total. The molecule has 22 heavy (non-hydrogen) atoms. The summed E-state index contributed by atoms with van der Waals surface area (Å²) >= 11 is 0. The highest BCUT2D eigenvalue weighted by molar-refractivity contribution is 6.23. The highest BCUT2D eigenvalue weighted by atomic mass is 16.3. The summed E-state index contributed by atoms with van der Waals surface area (Å²) in [5.41, 5.74) is 1.78. The van der Waals surface area contributed by atoms with E-state index in [-0.39, 0.29) is 0 Å². The molecule has 0 heterocycles. The molecule has 108 valence electrons. The van der Waals surface area contributed by atoms with Crippen molar-refractivity contribution in [3.8, 4) is 0 Å². The smallest absolute Gasteiger partial charge is 0.0871 e. The van der Waals surface area contributed by atoms with Crippen molar-refractivity contribution >= 4 is 32.3 Å². The van der Waals surface area contributed by atoms with Crippen LogP contribution in [0.15, 0.2) is 48.5 Å². The fraction of sp³-hybridized carbons (Fsp3) is 0.238. The second-order valence-corrected chi connectivity index (χ2v) is 6.89. The third-order valence-corrected chi connectivity index (χ3v) is 5.43. The Morgan fingerprint density at radius 2 is 1.64 bits per heavy atom. The molecule has 0 amide bonds. The van der Waals surface area contributed by atoms with E-state index in [2.05, 4.69) is 48.5 Å². The van der Waals surface area contributed by atoms with Gasteiger partial charge in [-0.15, -0.1) is 0 Å². The van der Waals surface area contributed by atoms with E-state index >= 15 is 0 Å². The van der Waals surface area contributed by atoms with E-state index in [1.165, 1.54) is 37.9 Å². The second-order valence-electron chi connectivity index (χ2n) is 6.89. The Kier molecular flexibility index (Phi) is 2.26.